The molecule has 1 saturated heterocycles. The van der Waals surface area contributed by atoms with E-state index in [-0.39, 0.29) is 51.2 Å². The third-order valence-corrected chi connectivity index (χ3v) is 14.8. The van der Waals surface area contributed by atoms with Gasteiger partial charge in [0.1, 0.15) is 66.5 Å². The van der Waals surface area contributed by atoms with Crippen molar-refractivity contribution in [2.45, 2.75) is 124 Å². The van der Waals surface area contributed by atoms with Crippen molar-refractivity contribution in [1.82, 2.24) is 79.0 Å². The van der Waals surface area contributed by atoms with Crippen LogP contribution in [0.1, 0.15) is 51.0 Å². The van der Waals surface area contributed by atoms with Crippen molar-refractivity contribution in [2.75, 3.05) is 72.3 Å². The van der Waals surface area contributed by atoms with E-state index in [4.69, 9.17) is 28.7 Å². The predicted molar refractivity (Wildman–Crippen MR) is 346 cm³/mol. The molecule has 564 valence electrons. The fourth-order valence-electron chi connectivity index (χ4n) is 9.51. The standard InChI is InChI=1S/C57H87N21O24/c1-25(84)45(55(100)67-18-41(87)69-32(13-39(59)85)50(95)72-30(56(101)102)8-4-10-63-57(61)62)77-53(98)37(24-83)71-43(89)17-66-54(99)38-9-5-11-78(38)44(90)19-68-48(93)35(22-81)76-52(97)36(23-82)70-42(88)16-65-47(92)34(21-80)75-51(96)33(14-40(60)86)74-49(94)31(73-46(91)28(58)20-79)12-26-15-64-29-7-3-2-6-27(26)29/h2-3,6-7,15,25,28,30-38,45,64,79-84H,4-5,8-14,16-24,58H2,1H3,(H2,59,85)(H2,60,86)(H,65,92)(H,66,99)(H,67,100)(H,68,93)(H,69,87)(H,70,88)(H,71,89)(H,72,95)(H,73,91)(H,74,94)(H,75,96)(H,76,97)(H,77,98)(H,101,102)(H4,61,62,63)/t25-,28+,30+,31+,32+,33+,34+,35+,36+,37+,38+,45+/m1/s1. The van der Waals surface area contributed by atoms with Gasteiger partial charge in [-0.15, -0.1) is 0 Å². The number of carboxylic acids is 1. The molecule has 31 N–H and O–H groups in total. The maximum atomic E-state index is 13.7. The number of primary amides is 2. The maximum absolute atomic E-state index is 13.7. The van der Waals surface area contributed by atoms with Crippen LogP contribution in [0.5, 0.6) is 0 Å². The van der Waals surface area contributed by atoms with Crippen molar-refractivity contribution in [3.8, 4) is 0 Å². The second kappa shape index (κ2) is 42.6. The molecule has 3 rings (SSSR count). The molecule has 1 aliphatic rings. The van der Waals surface area contributed by atoms with Crippen molar-refractivity contribution >= 4 is 117 Å². The van der Waals surface area contributed by atoms with Gasteiger partial charge < -0.3 is 143 Å². The Labute approximate surface area is 578 Å². The topological polar surface area (TPSA) is 750 Å². The predicted octanol–water partition coefficient (Wildman–Crippen LogP) is -15.9. The Balaban J connectivity index is 1.50. The number of likely N-dealkylation sites (tertiary alicyclic amines) is 1. The van der Waals surface area contributed by atoms with Crippen molar-refractivity contribution in [1.29, 1.82) is 0 Å². The van der Waals surface area contributed by atoms with Gasteiger partial charge in [0.2, 0.25) is 94.5 Å². The van der Waals surface area contributed by atoms with Crippen LogP contribution < -0.4 is 97.8 Å². The van der Waals surface area contributed by atoms with E-state index in [1.54, 1.807) is 30.5 Å². The second-order valence-corrected chi connectivity index (χ2v) is 22.7. The Morgan fingerprint density at radius 1 is 0.539 bits per heavy atom. The number of carboxylic acid groups (broad SMARTS) is 1. The second-order valence-electron chi connectivity index (χ2n) is 22.7. The lowest BCUT2D eigenvalue weighted by atomic mass is 10.0. The average molecular weight is 1450 g/mol. The number of benzene rings is 1. The highest BCUT2D eigenvalue weighted by molar-refractivity contribution is 6.01. The first-order valence-electron chi connectivity index (χ1n) is 31.2. The number of nitrogens with two attached hydrogens (primary N) is 5. The van der Waals surface area contributed by atoms with Crippen molar-refractivity contribution in [2.24, 2.45) is 33.7 Å². The number of carbonyl (C=O) groups is 17. The molecule has 2 heterocycles. The number of hydrogen-bond donors (Lipinski definition) is 26. The molecular weight excluding hydrogens is 1360 g/mol. The van der Waals surface area contributed by atoms with Gasteiger partial charge in [0, 0.05) is 36.6 Å². The first-order valence-corrected chi connectivity index (χ1v) is 31.2. The Bertz CT molecular complexity index is 3390. The lowest BCUT2D eigenvalue weighted by Gasteiger charge is -2.25. The summed E-state index contributed by atoms with van der Waals surface area (Å²) in [7, 11) is 0. The van der Waals surface area contributed by atoms with E-state index >= 15 is 0 Å². The van der Waals surface area contributed by atoms with Gasteiger partial charge >= 0.3 is 5.97 Å². The van der Waals surface area contributed by atoms with Crippen LogP contribution in [-0.2, 0) is 87.9 Å². The Kier molecular flexibility index (Phi) is 35.5. The molecule has 0 aliphatic carbocycles. The van der Waals surface area contributed by atoms with Crippen LogP contribution in [0.25, 0.3) is 10.9 Å². The summed E-state index contributed by atoms with van der Waals surface area (Å²) >= 11 is 0. The van der Waals surface area contributed by atoms with Crippen molar-refractivity contribution in [3.05, 3.63) is 36.0 Å². The van der Waals surface area contributed by atoms with Crippen LogP contribution in [0.3, 0.4) is 0 Å². The summed E-state index contributed by atoms with van der Waals surface area (Å²) in [5.41, 5.74) is 27.9. The normalized spacial score (nSPS) is 15.6. The van der Waals surface area contributed by atoms with Crippen molar-refractivity contribution < 1.29 is 117 Å². The summed E-state index contributed by atoms with van der Waals surface area (Å²) in [5, 5.41) is 97.7. The maximum Gasteiger partial charge on any atom is 0.326 e. The van der Waals surface area contributed by atoms with E-state index in [0.29, 0.717) is 16.5 Å². The van der Waals surface area contributed by atoms with Crippen LogP contribution in [0.15, 0.2) is 35.5 Å². The minimum absolute atomic E-state index is 0.00730. The van der Waals surface area contributed by atoms with Crippen molar-refractivity contribution in [3.63, 3.8) is 0 Å². The minimum atomic E-state index is -1.89. The van der Waals surface area contributed by atoms with Crippen LogP contribution >= 0.6 is 0 Å². The molecule has 16 amide bonds. The molecule has 1 fully saturated rings. The molecule has 45 nitrogen and oxygen atoms in total. The van der Waals surface area contributed by atoms with E-state index < -0.39 is 245 Å². The summed E-state index contributed by atoms with van der Waals surface area (Å²) in [6, 6.07) is -11.7. The number of aliphatic imine (C=N–C) groups is 1. The number of amides is 16. The molecule has 2 aromatic rings. The molecule has 12 atom stereocenters. The fourth-order valence-corrected chi connectivity index (χ4v) is 9.51. The minimum Gasteiger partial charge on any atom is -0.480 e. The number of para-hydroxylation sites is 1. The van der Waals surface area contributed by atoms with E-state index in [1.807, 2.05) is 10.6 Å². The van der Waals surface area contributed by atoms with E-state index in [1.165, 1.54) is 0 Å². The Hall–Kier alpha value is -11.3. The highest BCUT2D eigenvalue weighted by atomic mass is 16.4. The van der Waals surface area contributed by atoms with Crippen LogP contribution in [0.4, 0.5) is 0 Å². The number of aromatic amines is 1. The van der Waals surface area contributed by atoms with Crippen LogP contribution in [-0.4, -0.2) is 297 Å². The molecule has 0 saturated carbocycles. The van der Waals surface area contributed by atoms with Gasteiger partial charge in [0.15, 0.2) is 5.96 Å². The number of fused-ring (bicyclic) bond motifs is 1. The average Bonchev–Trinajstić information content (AvgIpc) is 1.76. The largest absolute Gasteiger partial charge is 0.480 e. The first-order chi connectivity index (χ1) is 48.2. The number of hydrogen-bond acceptors (Lipinski definition) is 25. The zero-order valence-electron chi connectivity index (χ0n) is 54.9. The summed E-state index contributed by atoms with van der Waals surface area (Å²) in [4.78, 5) is 227. The number of carbonyl (C=O) groups excluding carboxylic acids is 16. The lowest BCUT2D eigenvalue weighted by molar-refractivity contribution is -0.142. The number of guanidine groups is 1. The molecule has 1 aromatic carbocycles. The third-order valence-electron chi connectivity index (χ3n) is 14.8. The number of aliphatic carboxylic acids is 1. The van der Waals surface area contributed by atoms with Gasteiger partial charge in [-0.25, -0.2) is 4.79 Å². The van der Waals surface area contributed by atoms with Gasteiger partial charge in [-0.05, 0) is 44.2 Å². The summed E-state index contributed by atoms with van der Waals surface area (Å²) < 4.78 is 0. The molecule has 1 aliphatic heterocycles. The van der Waals surface area contributed by atoms with Gasteiger partial charge in [-0.2, -0.15) is 0 Å². The molecule has 0 radical (unpaired) electrons. The number of aromatic nitrogens is 1. The van der Waals surface area contributed by atoms with E-state index in [2.05, 4.69) is 68.5 Å². The first kappa shape index (κ1) is 85.0. The van der Waals surface area contributed by atoms with Crippen LogP contribution in [0, 0.1) is 0 Å². The zero-order chi connectivity index (χ0) is 76.5. The summed E-state index contributed by atoms with van der Waals surface area (Å²) in [5.74, 6) is -19.8. The number of aliphatic hydroxyl groups excluding tert-OH is 6. The van der Waals surface area contributed by atoms with E-state index in [0.717, 1.165) is 11.8 Å². The fraction of sp³-hybridized carbons (Fsp3) is 0.544. The quantitative estimate of drug-likeness (QED) is 0.0166. The smallest absolute Gasteiger partial charge is 0.326 e. The van der Waals surface area contributed by atoms with E-state index in [9.17, 15) is 117 Å². The molecule has 45 heteroatoms. The molecule has 0 bridgehead atoms. The molecule has 102 heavy (non-hydrogen) atoms. The molecule has 1 aromatic heterocycles. The number of H-pyrrole nitrogens is 1. The molecule has 0 unspecified atom stereocenters. The number of aliphatic hydroxyl groups is 6. The number of rotatable bonds is 44. The molecule has 0 spiro atoms. The summed E-state index contributed by atoms with van der Waals surface area (Å²) in [6.45, 7) is -8.03. The van der Waals surface area contributed by atoms with Gasteiger partial charge in [0.05, 0.1) is 78.2 Å². The highest BCUT2D eigenvalue weighted by Crippen LogP contribution is 2.20. The Morgan fingerprint density at radius 3 is 1.49 bits per heavy atom. The van der Waals surface area contributed by atoms with Gasteiger partial charge in [-0.1, -0.05) is 18.2 Å². The lowest BCUT2D eigenvalue weighted by Crippen LogP contribution is -2.60. The monoisotopic (exact) mass is 1450 g/mol. The van der Waals surface area contributed by atoms with Gasteiger partial charge in [0.25, 0.3) is 0 Å². The zero-order valence-corrected chi connectivity index (χ0v) is 54.9. The highest BCUT2D eigenvalue weighted by Gasteiger charge is 2.38. The number of nitrogens with zero attached hydrogens (tertiary/aromatic N) is 2. The Morgan fingerprint density at radius 2 is 0.980 bits per heavy atom. The SMILES string of the molecule is C[C@@H](O)[C@H](NC(=O)[C@H](CO)NC(=O)CNC(=O)[C@@H]1CCCN1C(=O)CNC(=O)[C@H](CO)NC(=O)[C@H](CO)NC(=O)CNC(=O)[C@H](CO)NC(=O)[C@H](CC(N)=O)NC(=O)[C@H](Cc1c[nH]c2ccccc12)NC(=O)[C@@H](N)CO)C(=O)NCC(=O)N[C@@H](CC(N)=O)C(=O)N[C@@H](CCCN=C(N)N)C(=O)O. The van der Waals surface area contributed by atoms with Gasteiger partial charge in [-0.3, -0.25) is 81.7 Å². The summed E-state index contributed by atoms with van der Waals surface area (Å²) in [6.07, 6.45) is -1.88. The third kappa shape index (κ3) is 28.2. The van der Waals surface area contributed by atoms with Crippen LogP contribution in [0.2, 0.25) is 0 Å². The number of nitrogens with one attached hydrogen (secondary N) is 14. The molecular formula is C57H87N21O24.